The van der Waals surface area contributed by atoms with Gasteiger partial charge in [-0.2, -0.15) is 0 Å². The van der Waals surface area contributed by atoms with Crippen LogP contribution in [0.15, 0.2) is 35.5 Å². The lowest BCUT2D eigenvalue weighted by Gasteiger charge is -2.28. The molecule has 0 saturated heterocycles. The van der Waals surface area contributed by atoms with Gasteiger partial charge in [-0.25, -0.2) is 14.0 Å². The van der Waals surface area contributed by atoms with E-state index in [-0.39, 0.29) is 5.57 Å². The van der Waals surface area contributed by atoms with Crippen LogP contribution in [0.4, 0.5) is 9.18 Å². The number of hydrogen-bond acceptors (Lipinski definition) is 2. The molecule has 1 aliphatic rings. The van der Waals surface area contributed by atoms with E-state index in [2.05, 4.69) is 10.6 Å². The third-order valence-electron chi connectivity index (χ3n) is 2.94. The summed E-state index contributed by atoms with van der Waals surface area (Å²) >= 11 is 0. The van der Waals surface area contributed by atoms with Gasteiger partial charge in [-0.15, -0.1) is 0 Å². The summed E-state index contributed by atoms with van der Waals surface area (Å²) in [6, 6.07) is 4.14. The summed E-state index contributed by atoms with van der Waals surface area (Å²) < 4.78 is 12.9. The number of urea groups is 1. The van der Waals surface area contributed by atoms with Crippen LogP contribution in [0.5, 0.6) is 0 Å². The first kappa shape index (κ1) is 13.1. The van der Waals surface area contributed by atoms with Gasteiger partial charge in [0.25, 0.3) is 0 Å². The van der Waals surface area contributed by atoms with Gasteiger partial charge in [-0.1, -0.05) is 19.1 Å². The number of carbonyl (C=O) groups is 2. The number of allylic oxidation sites excluding steroid dienone is 1. The van der Waals surface area contributed by atoms with Gasteiger partial charge in [0.2, 0.25) is 0 Å². The highest BCUT2D eigenvalue weighted by molar-refractivity contribution is 5.93. The molecule has 1 aromatic carbocycles. The number of carboxylic acids is 1. The molecule has 6 heteroatoms. The van der Waals surface area contributed by atoms with Gasteiger partial charge in [0.1, 0.15) is 5.82 Å². The molecule has 0 aliphatic carbocycles. The van der Waals surface area contributed by atoms with Crippen molar-refractivity contribution in [2.45, 2.75) is 19.4 Å². The van der Waals surface area contributed by atoms with E-state index in [1.54, 1.807) is 6.92 Å². The Morgan fingerprint density at radius 3 is 2.53 bits per heavy atom. The number of hydrogen-bond donors (Lipinski definition) is 3. The van der Waals surface area contributed by atoms with Gasteiger partial charge in [-0.05, 0) is 24.1 Å². The van der Waals surface area contributed by atoms with Gasteiger partial charge >= 0.3 is 12.0 Å². The van der Waals surface area contributed by atoms with Gasteiger partial charge in [-0.3, -0.25) is 0 Å². The average Bonchev–Trinajstić information content (AvgIpc) is 2.38. The molecule has 1 aromatic rings. The molecule has 1 aliphatic heterocycles. The summed E-state index contributed by atoms with van der Waals surface area (Å²) in [6.07, 6.45) is 0.396. The number of amides is 2. The number of rotatable bonds is 3. The fourth-order valence-corrected chi connectivity index (χ4v) is 2.05. The Bertz CT molecular complexity index is 552. The zero-order chi connectivity index (χ0) is 14.0. The van der Waals surface area contributed by atoms with E-state index in [1.807, 2.05) is 0 Å². The van der Waals surface area contributed by atoms with E-state index < -0.39 is 23.9 Å². The predicted molar refractivity (Wildman–Crippen MR) is 65.8 cm³/mol. The van der Waals surface area contributed by atoms with Crippen molar-refractivity contribution >= 4 is 12.0 Å². The second-order valence-corrected chi connectivity index (χ2v) is 4.13. The monoisotopic (exact) mass is 264 g/mol. The Morgan fingerprint density at radius 1 is 1.37 bits per heavy atom. The first-order valence-electron chi connectivity index (χ1n) is 5.82. The molecule has 0 radical (unpaired) electrons. The Kier molecular flexibility index (Phi) is 3.50. The molecule has 100 valence electrons. The van der Waals surface area contributed by atoms with Crippen LogP contribution in [0.2, 0.25) is 0 Å². The van der Waals surface area contributed by atoms with E-state index >= 15 is 0 Å². The molecule has 0 saturated carbocycles. The predicted octanol–water partition coefficient (Wildman–Crippen LogP) is 1.93. The second kappa shape index (κ2) is 5.09. The van der Waals surface area contributed by atoms with E-state index in [0.717, 1.165) is 0 Å². The van der Waals surface area contributed by atoms with Crippen LogP contribution in [0.25, 0.3) is 0 Å². The highest BCUT2D eigenvalue weighted by atomic mass is 19.1. The third-order valence-corrected chi connectivity index (χ3v) is 2.94. The van der Waals surface area contributed by atoms with Crippen molar-refractivity contribution in [2.24, 2.45) is 0 Å². The van der Waals surface area contributed by atoms with Gasteiger partial charge in [0.05, 0.1) is 11.6 Å². The van der Waals surface area contributed by atoms with Gasteiger partial charge in [0.15, 0.2) is 0 Å². The molecule has 2 amide bonds. The maximum Gasteiger partial charge on any atom is 0.335 e. The summed E-state index contributed by atoms with van der Waals surface area (Å²) in [7, 11) is 0. The SMILES string of the molecule is CCC1=C(C(=O)O)C(c2ccc(F)cc2)NC(=O)N1. The van der Waals surface area contributed by atoms with Crippen molar-refractivity contribution in [3.63, 3.8) is 0 Å². The minimum atomic E-state index is -1.11. The minimum absolute atomic E-state index is 0.0775. The van der Waals surface area contributed by atoms with Crippen molar-refractivity contribution in [1.82, 2.24) is 10.6 Å². The van der Waals surface area contributed by atoms with E-state index in [9.17, 15) is 19.1 Å². The van der Waals surface area contributed by atoms with Crippen molar-refractivity contribution < 1.29 is 19.1 Å². The number of benzene rings is 1. The normalized spacial score (nSPS) is 18.8. The standard InChI is InChI=1S/C13H13FN2O3/c1-2-9-10(12(17)18)11(16-13(19)15-9)7-3-5-8(14)6-4-7/h3-6,11H,2H2,1H3,(H,17,18)(H2,15,16,19). The summed E-state index contributed by atoms with van der Waals surface area (Å²) in [6.45, 7) is 1.76. The van der Waals surface area contributed by atoms with E-state index in [0.29, 0.717) is 17.7 Å². The fourth-order valence-electron chi connectivity index (χ4n) is 2.05. The Hall–Kier alpha value is -2.37. The Morgan fingerprint density at radius 2 is 2.00 bits per heavy atom. The molecular weight excluding hydrogens is 251 g/mol. The lowest BCUT2D eigenvalue weighted by Crippen LogP contribution is -2.45. The number of nitrogens with one attached hydrogen (secondary N) is 2. The topological polar surface area (TPSA) is 78.4 Å². The van der Waals surface area contributed by atoms with Crippen LogP contribution in [0.1, 0.15) is 24.9 Å². The van der Waals surface area contributed by atoms with E-state index in [1.165, 1.54) is 24.3 Å². The lowest BCUT2D eigenvalue weighted by atomic mass is 9.94. The fraction of sp³-hybridized carbons (Fsp3) is 0.231. The van der Waals surface area contributed by atoms with Gasteiger partial charge in [0, 0.05) is 5.70 Å². The molecule has 19 heavy (non-hydrogen) atoms. The summed E-state index contributed by atoms with van der Waals surface area (Å²) in [5, 5.41) is 14.3. The van der Waals surface area contributed by atoms with Crippen molar-refractivity contribution in [1.29, 1.82) is 0 Å². The first-order chi connectivity index (χ1) is 9.02. The molecule has 0 aromatic heterocycles. The first-order valence-corrected chi connectivity index (χ1v) is 5.82. The maximum atomic E-state index is 12.9. The van der Waals surface area contributed by atoms with Crippen molar-refractivity contribution in [3.05, 3.63) is 46.9 Å². The number of aliphatic carboxylic acids is 1. The summed E-state index contributed by atoms with van der Waals surface area (Å²) in [4.78, 5) is 22.9. The number of carbonyl (C=O) groups excluding carboxylic acids is 1. The zero-order valence-corrected chi connectivity index (χ0v) is 10.2. The van der Waals surface area contributed by atoms with Crippen LogP contribution in [0.3, 0.4) is 0 Å². The molecule has 0 bridgehead atoms. The molecule has 3 N–H and O–H groups in total. The maximum absolute atomic E-state index is 12.9. The molecule has 1 atom stereocenters. The van der Waals surface area contributed by atoms with Crippen LogP contribution < -0.4 is 10.6 Å². The van der Waals surface area contributed by atoms with Crippen molar-refractivity contribution in [3.8, 4) is 0 Å². The highest BCUT2D eigenvalue weighted by Gasteiger charge is 2.31. The average molecular weight is 264 g/mol. The largest absolute Gasteiger partial charge is 0.478 e. The van der Waals surface area contributed by atoms with Crippen LogP contribution >= 0.6 is 0 Å². The molecule has 2 rings (SSSR count). The smallest absolute Gasteiger partial charge is 0.335 e. The number of carboxylic acid groups (broad SMARTS) is 1. The molecule has 5 nitrogen and oxygen atoms in total. The zero-order valence-electron chi connectivity index (χ0n) is 10.2. The summed E-state index contributed by atoms with van der Waals surface area (Å²) in [5.41, 5.74) is 0.971. The summed E-state index contributed by atoms with van der Waals surface area (Å²) in [5.74, 6) is -1.53. The molecular formula is C13H13FN2O3. The number of halogens is 1. The van der Waals surface area contributed by atoms with Crippen LogP contribution in [-0.2, 0) is 4.79 Å². The van der Waals surface area contributed by atoms with Gasteiger partial charge < -0.3 is 15.7 Å². The van der Waals surface area contributed by atoms with Crippen LogP contribution in [-0.4, -0.2) is 17.1 Å². The van der Waals surface area contributed by atoms with Crippen LogP contribution in [0, 0.1) is 5.82 Å². The molecule has 0 spiro atoms. The quantitative estimate of drug-likeness (QED) is 0.780. The Labute approximate surface area is 109 Å². The molecule has 1 unspecified atom stereocenters. The lowest BCUT2D eigenvalue weighted by molar-refractivity contribution is -0.133. The second-order valence-electron chi connectivity index (χ2n) is 4.13. The Balaban J connectivity index is 2.49. The third kappa shape index (κ3) is 2.57. The highest BCUT2D eigenvalue weighted by Crippen LogP contribution is 2.27. The molecule has 1 heterocycles. The molecule has 0 fully saturated rings. The minimum Gasteiger partial charge on any atom is -0.478 e. The van der Waals surface area contributed by atoms with E-state index in [4.69, 9.17) is 0 Å². The van der Waals surface area contributed by atoms with Crippen molar-refractivity contribution in [2.75, 3.05) is 0 Å².